The summed E-state index contributed by atoms with van der Waals surface area (Å²) in [5, 5.41) is 6.41. The average Bonchev–Trinajstić information content (AvgIpc) is 2.48. The van der Waals surface area contributed by atoms with E-state index in [2.05, 4.69) is 10.6 Å². The van der Waals surface area contributed by atoms with Gasteiger partial charge >= 0.3 is 0 Å². The number of hydrogen-bond acceptors (Lipinski definition) is 4. The summed E-state index contributed by atoms with van der Waals surface area (Å²) in [6.45, 7) is 3.65. The van der Waals surface area contributed by atoms with Crippen LogP contribution in [0.3, 0.4) is 0 Å². The fourth-order valence-corrected chi connectivity index (χ4v) is 1.89. The molecule has 0 aliphatic heterocycles. The number of ketones is 2. The van der Waals surface area contributed by atoms with Crippen molar-refractivity contribution in [3.8, 4) is 0 Å². The molecule has 0 saturated heterocycles. The van der Waals surface area contributed by atoms with E-state index in [9.17, 15) is 9.59 Å². The number of carbonyl (C=O) groups is 2. The third kappa shape index (κ3) is 4.18. The van der Waals surface area contributed by atoms with Crippen LogP contribution in [-0.2, 0) is 0 Å². The molecule has 0 bridgehead atoms. The normalized spacial score (nSPS) is 10.0. The zero-order valence-corrected chi connectivity index (χ0v) is 12.1. The van der Waals surface area contributed by atoms with Crippen LogP contribution >= 0.6 is 0 Å². The molecule has 108 valence electrons. The number of benzene rings is 2. The van der Waals surface area contributed by atoms with Gasteiger partial charge < -0.3 is 10.6 Å². The molecule has 0 amide bonds. The van der Waals surface area contributed by atoms with Gasteiger partial charge in [0.25, 0.3) is 0 Å². The predicted octanol–water partition coefficient (Wildman–Crippen LogP) is 3.57. The average molecular weight is 282 g/mol. The second-order valence-corrected chi connectivity index (χ2v) is 4.80. The number of Topliss-reactive ketones (excluding diaryl/α,β-unsaturated/α-hetero) is 2. The molecule has 0 aliphatic rings. The largest absolute Gasteiger partial charge is 0.368 e. The number of nitrogens with one attached hydrogen (secondary N) is 2. The Labute approximate surface area is 124 Å². The van der Waals surface area contributed by atoms with Gasteiger partial charge in [-0.15, -0.1) is 0 Å². The van der Waals surface area contributed by atoms with Gasteiger partial charge in [-0.25, -0.2) is 0 Å². The Morgan fingerprint density at radius 2 is 1.05 bits per heavy atom. The van der Waals surface area contributed by atoms with Crippen molar-refractivity contribution in [2.75, 3.05) is 17.3 Å². The molecule has 2 aromatic rings. The summed E-state index contributed by atoms with van der Waals surface area (Å²) in [5.41, 5.74) is 3.28. The third-order valence-corrected chi connectivity index (χ3v) is 3.17. The minimum atomic E-state index is 0.0604. The van der Waals surface area contributed by atoms with E-state index < -0.39 is 0 Å². The molecule has 21 heavy (non-hydrogen) atoms. The molecule has 0 unspecified atom stereocenters. The predicted molar refractivity (Wildman–Crippen MR) is 85.0 cm³/mol. The first kappa shape index (κ1) is 14.8. The van der Waals surface area contributed by atoms with Crippen molar-refractivity contribution in [3.05, 3.63) is 59.7 Å². The molecule has 0 heterocycles. The van der Waals surface area contributed by atoms with E-state index in [1.165, 1.54) is 0 Å². The minimum absolute atomic E-state index is 0.0604. The van der Waals surface area contributed by atoms with Gasteiger partial charge in [0.2, 0.25) is 0 Å². The first-order chi connectivity index (χ1) is 10.1. The van der Waals surface area contributed by atoms with Crippen LogP contribution in [0.4, 0.5) is 11.4 Å². The maximum Gasteiger partial charge on any atom is 0.159 e. The van der Waals surface area contributed by atoms with Crippen molar-refractivity contribution in [3.63, 3.8) is 0 Å². The van der Waals surface area contributed by atoms with Gasteiger partial charge in [-0.3, -0.25) is 9.59 Å². The highest BCUT2D eigenvalue weighted by atomic mass is 16.1. The fourth-order valence-electron chi connectivity index (χ4n) is 1.89. The van der Waals surface area contributed by atoms with Crippen LogP contribution in [0.2, 0.25) is 0 Å². The summed E-state index contributed by atoms with van der Waals surface area (Å²) >= 11 is 0. The van der Waals surface area contributed by atoms with Gasteiger partial charge in [-0.2, -0.15) is 0 Å². The smallest absolute Gasteiger partial charge is 0.159 e. The lowest BCUT2D eigenvalue weighted by Crippen LogP contribution is -2.11. The molecule has 0 fully saturated rings. The highest BCUT2D eigenvalue weighted by Gasteiger charge is 2.00. The lowest BCUT2D eigenvalue weighted by molar-refractivity contribution is 0.100. The van der Waals surface area contributed by atoms with Crippen molar-refractivity contribution >= 4 is 22.9 Å². The second kappa shape index (κ2) is 6.70. The van der Waals surface area contributed by atoms with Crippen LogP contribution in [0.1, 0.15) is 34.6 Å². The van der Waals surface area contributed by atoms with Crippen LogP contribution in [0.15, 0.2) is 48.5 Å². The standard InChI is InChI=1S/C17H18N2O2/c1-12(20)14-3-7-16(8-4-14)18-11-19-17-9-5-15(6-10-17)13(2)21/h3-10,18-19H,11H2,1-2H3. The molecule has 4 nitrogen and oxygen atoms in total. The Bertz CT molecular complexity index is 573. The summed E-state index contributed by atoms with van der Waals surface area (Å²) in [6, 6.07) is 14.7. The summed E-state index contributed by atoms with van der Waals surface area (Å²) < 4.78 is 0. The lowest BCUT2D eigenvalue weighted by atomic mass is 10.1. The van der Waals surface area contributed by atoms with E-state index >= 15 is 0 Å². The molecular formula is C17H18N2O2. The monoisotopic (exact) mass is 282 g/mol. The van der Waals surface area contributed by atoms with Crippen molar-refractivity contribution < 1.29 is 9.59 Å². The molecule has 4 heteroatoms. The lowest BCUT2D eigenvalue weighted by Gasteiger charge is -2.10. The Hall–Kier alpha value is -2.62. The van der Waals surface area contributed by atoms with E-state index in [4.69, 9.17) is 0 Å². The van der Waals surface area contributed by atoms with Gasteiger partial charge in [0.05, 0.1) is 6.67 Å². The summed E-state index contributed by atoms with van der Waals surface area (Å²) in [4.78, 5) is 22.3. The van der Waals surface area contributed by atoms with Crippen LogP contribution in [-0.4, -0.2) is 18.2 Å². The van der Waals surface area contributed by atoms with Crippen LogP contribution in [0, 0.1) is 0 Å². The Kier molecular flexibility index (Phi) is 4.72. The molecule has 2 rings (SSSR count). The molecular weight excluding hydrogens is 264 g/mol. The van der Waals surface area contributed by atoms with Gasteiger partial charge in [0.15, 0.2) is 11.6 Å². The van der Waals surface area contributed by atoms with Crippen LogP contribution < -0.4 is 10.6 Å². The van der Waals surface area contributed by atoms with Gasteiger partial charge in [-0.05, 0) is 62.4 Å². The molecule has 0 saturated carbocycles. The van der Waals surface area contributed by atoms with Gasteiger partial charge in [-0.1, -0.05) is 0 Å². The molecule has 2 aromatic carbocycles. The van der Waals surface area contributed by atoms with Gasteiger partial charge in [0.1, 0.15) is 0 Å². The van der Waals surface area contributed by atoms with E-state index in [1.54, 1.807) is 38.1 Å². The number of rotatable bonds is 6. The molecule has 0 radical (unpaired) electrons. The van der Waals surface area contributed by atoms with Crippen molar-refractivity contribution in [1.82, 2.24) is 0 Å². The Balaban J connectivity index is 1.86. The third-order valence-electron chi connectivity index (χ3n) is 3.17. The quantitative estimate of drug-likeness (QED) is 0.628. The Morgan fingerprint density at radius 1 is 0.714 bits per heavy atom. The van der Waals surface area contributed by atoms with Crippen molar-refractivity contribution in [2.24, 2.45) is 0 Å². The summed E-state index contributed by atoms with van der Waals surface area (Å²) in [6.07, 6.45) is 0. The Morgan fingerprint density at radius 3 is 1.33 bits per heavy atom. The number of anilines is 2. The van der Waals surface area contributed by atoms with Gasteiger partial charge in [0, 0.05) is 22.5 Å². The molecule has 2 N–H and O–H groups in total. The van der Waals surface area contributed by atoms with Crippen LogP contribution in [0.25, 0.3) is 0 Å². The summed E-state index contributed by atoms with van der Waals surface area (Å²) in [7, 11) is 0. The minimum Gasteiger partial charge on any atom is -0.368 e. The topological polar surface area (TPSA) is 58.2 Å². The van der Waals surface area contributed by atoms with E-state index in [0.29, 0.717) is 17.8 Å². The molecule has 0 aromatic heterocycles. The van der Waals surface area contributed by atoms with E-state index in [0.717, 1.165) is 11.4 Å². The van der Waals surface area contributed by atoms with Crippen molar-refractivity contribution in [2.45, 2.75) is 13.8 Å². The fraction of sp³-hybridized carbons (Fsp3) is 0.176. The molecule has 0 aliphatic carbocycles. The first-order valence-corrected chi connectivity index (χ1v) is 6.76. The highest BCUT2D eigenvalue weighted by Crippen LogP contribution is 2.12. The van der Waals surface area contributed by atoms with E-state index in [-0.39, 0.29) is 11.6 Å². The molecule has 0 atom stereocenters. The van der Waals surface area contributed by atoms with Crippen LogP contribution in [0.5, 0.6) is 0 Å². The first-order valence-electron chi connectivity index (χ1n) is 6.76. The maximum atomic E-state index is 11.2. The maximum absolute atomic E-state index is 11.2. The SMILES string of the molecule is CC(=O)c1ccc(NCNc2ccc(C(C)=O)cc2)cc1. The van der Waals surface area contributed by atoms with E-state index in [1.807, 2.05) is 24.3 Å². The summed E-state index contributed by atoms with van der Waals surface area (Å²) in [5.74, 6) is 0.121. The highest BCUT2D eigenvalue weighted by molar-refractivity contribution is 5.94. The zero-order valence-electron chi connectivity index (χ0n) is 12.1. The second-order valence-electron chi connectivity index (χ2n) is 4.80. The zero-order chi connectivity index (χ0) is 15.2. The number of hydrogen-bond donors (Lipinski definition) is 2. The molecule has 0 spiro atoms. The van der Waals surface area contributed by atoms with Crippen molar-refractivity contribution in [1.29, 1.82) is 0 Å². The number of carbonyl (C=O) groups excluding carboxylic acids is 2.